The van der Waals surface area contributed by atoms with Crippen molar-refractivity contribution in [2.45, 2.75) is 13.8 Å². The van der Waals surface area contributed by atoms with Crippen molar-refractivity contribution >= 4 is 29.5 Å². The van der Waals surface area contributed by atoms with E-state index in [-0.39, 0.29) is 5.56 Å². The Morgan fingerprint density at radius 2 is 1.57 bits per heavy atom. The van der Waals surface area contributed by atoms with Gasteiger partial charge in [-0.15, -0.1) is 0 Å². The Labute approximate surface area is 177 Å². The number of anilines is 2. The molecule has 0 heterocycles. The van der Waals surface area contributed by atoms with Gasteiger partial charge in [-0.3, -0.25) is 0 Å². The monoisotopic (exact) mass is 400 g/mol. The Kier molecular flexibility index (Phi) is 6.58. The van der Waals surface area contributed by atoms with E-state index in [2.05, 4.69) is 54.9 Å². The van der Waals surface area contributed by atoms with Gasteiger partial charge in [0.25, 0.3) is 0 Å². The SMILES string of the molecule is C=c1ccc(=C(c2ccc(N(CC)CC)cc2)c2ccc(NC)cc2C(=O)O)cc1. The molecular weight excluding hydrogens is 372 g/mol. The van der Waals surface area contributed by atoms with Crippen molar-refractivity contribution in [1.29, 1.82) is 0 Å². The molecule has 0 aliphatic rings. The van der Waals surface area contributed by atoms with Gasteiger partial charge in [-0.2, -0.15) is 0 Å². The van der Waals surface area contributed by atoms with Crippen LogP contribution >= 0.6 is 0 Å². The highest BCUT2D eigenvalue weighted by Crippen LogP contribution is 2.28. The van der Waals surface area contributed by atoms with Crippen molar-refractivity contribution in [1.82, 2.24) is 0 Å². The molecule has 0 bridgehead atoms. The third-order valence-corrected chi connectivity index (χ3v) is 5.34. The molecule has 0 radical (unpaired) electrons. The normalized spacial score (nSPS) is 10.5. The molecule has 0 fully saturated rings. The zero-order valence-electron chi connectivity index (χ0n) is 17.8. The minimum absolute atomic E-state index is 0.267. The fourth-order valence-corrected chi connectivity index (χ4v) is 3.67. The maximum atomic E-state index is 12.1. The van der Waals surface area contributed by atoms with Crippen LogP contribution in [0.25, 0.3) is 12.2 Å². The number of nitrogens with zero attached hydrogens (tertiary/aromatic N) is 1. The van der Waals surface area contributed by atoms with Gasteiger partial charge in [0, 0.05) is 31.5 Å². The number of carbonyl (C=O) groups is 1. The molecule has 3 aromatic carbocycles. The molecular formula is C26H28N2O2. The van der Waals surface area contributed by atoms with Gasteiger partial charge in [-0.25, -0.2) is 4.79 Å². The van der Waals surface area contributed by atoms with Crippen LogP contribution in [-0.4, -0.2) is 31.2 Å². The lowest BCUT2D eigenvalue weighted by Crippen LogP contribution is -2.21. The molecule has 4 nitrogen and oxygen atoms in total. The van der Waals surface area contributed by atoms with Gasteiger partial charge in [0.2, 0.25) is 0 Å². The van der Waals surface area contributed by atoms with Gasteiger partial charge in [0.05, 0.1) is 5.56 Å². The second-order valence-corrected chi connectivity index (χ2v) is 7.11. The minimum atomic E-state index is -0.951. The summed E-state index contributed by atoms with van der Waals surface area (Å²) in [6, 6.07) is 21.7. The van der Waals surface area contributed by atoms with E-state index in [1.165, 1.54) is 0 Å². The van der Waals surface area contributed by atoms with Gasteiger partial charge in [0.15, 0.2) is 0 Å². The summed E-state index contributed by atoms with van der Waals surface area (Å²) in [4.78, 5) is 14.4. The minimum Gasteiger partial charge on any atom is -0.478 e. The van der Waals surface area contributed by atoms with E-state index in [1.807, 2.05) is 36.4 Å². The van der Waals surface area contributed by atoms with E-state index in [0.717, 1.165) is 46.0 Å². The maximum absolute atomic E-state index is 12.1. The first-order valence-corrected chi connectivity index (χ1v) is 10.2. The van der Waals surface area contributed by atoms with Gasteiger partial charge in [-0.05, 0) is 65.3 Å². The van der Waals surface area contributed by atoms with Gasteiger partial charge in [0.1, 0.15) is 0 Å². The van der Waals surface area contributed by atoms with Crippen molar-refractivity contribution in [2.24, 2.45) is 0 Å². The number of hydrogen-bond acceptors (Lipinski definition) is 3. The number of hydrogen-bond donors (Lipinski definition) is 2. The first-order chi connectivity index (χ1) is 14.5. The Morgan fingerprint density at radius 3 is 2.10 bits per heavy atom. The second-order valence-electron chi connectivity index (χ2n) is 7.11. The summed E-state index contributed by atoms with van der Waals surface area (Å²) in [6.07, 6.45) is 0. The largest absolute Gasteiger partial charge is 0.478 e. The molecule has 0 amide bonds. The van der Waals surface area contributed by atoms with E-state index in [1.54, 1.807) is 13.1 Å². The van der Waals surface area contributed by atoms with E-state index in [9.17, 15) is 9.90 Å². The molecule has 30 heavy (non-hydrogen) atoms. The molecule has 3 rings (SSSR count). The second kappa shape index (κ2) is 9.31. The summed E-state index contributed by atoms with van der Waals surface area (Å²) < 4.78 is 0. The lowest BCUT2D eigenvalue weighted by atomic mass is 9.91. The highest BCUT2D eigenvalue weighted by Gasteiger charge is 2.17. The van der Waals surface area contributed by atoms with Crippen LogP contribution in [0, 0.1) is 0 Å². The Balaban J connectivity index is 2.27. The van der Waals surface area contributed by atoms with Crippen LogP contribution in [0.3, 0.4) is 0 Å². The molecule has 0 spiro atoms. The predicted octanol–water partition coefficient (Wildman–Crippen LogP) is 3.93. The number of aromatic carboxylic acids is 1. The molecule has 3 aromatic rings. The average molecular weight is 401 g/mol. The highest BCUT2D eigenvalue weighted by molar-refractivity contribution is 5.98. The first kappa shape index (κ1) is 21.2. The molecule has 154 valence electrons. The van der Waals surface area contributed by atoms with Gasteiger partial charge < -0.3 is 15.3 Å². The van der Waals surface area contributed by atoms with Gasteiger partial charge in [-0.1, -0.05) is 49.0 Å². The smallest absolute Gasteiger partial charge is 0.336 e. The fraction of sp³-hybridized carbons (Fsp3) is 0.192. The van der Waals surface area contributed by atoms with Crippen LogP contribution in [0.1, 0.15) is 35.3 Å². The lowest BCUT2D eigenvalue weighted by Gasteiger charge is -2.21. The van der Waals surface area contributed by atoms with Gasteiger partial charge >= 0.3 is 5.97 Å². The first-order valence-electron chi connectivity index (χ1n) is 10.2. The van der Waals surface area contributed by atoms with Crippen molar-refractivity contribution in [2.75, 3.05) is 30.4 Å². The number of nitrogens with one attached hydrogen (secondary N) is 1. The van der Waals surface area contributed by atoms with Crippen LogP contribution < -0.4 is 20.7 Å². The zero-order valence-corrected chi connectivity index (χ0v) is 17.8. The molecule has 0 aliphatic carbocycles. The number of benzene rings is 3. The lowest BCUT2D eigenvalue weighted by molar-refractivity contribution is 0.0696. The zero-order chi connectivity index (χ0) is 21.7. The topological polar surface area (TPSA) is 52.6 Å². The summed E-state index contributed by atoms with van der Waals surface area (Å²) in [6.45, 7) is 10.1. The molecule has 0 aliphatic heterocycles. The third-order valence-electron chi connectivity index (χ3n) is 5.34. The fourth-order valence-electron chi connectivity index (χ4n) is 3.67. The highest BCUT2D eigenvalue weighted by atomic mass is 16.4. The molecule has 2 N–H and O–H groups in total. The van der Waals surface area contributed by atoms with Crippen molar-refractivity contribution in [3.05, 3.63) is 93.9 Å². The number of carboxylic acids is 1. The molecule has 4 heteroatoms. The van der Waals surface area contributed by atoms with E-state index in [4.69, 9.17) is 0 Å². The van der Waals surface area contributed by atoms with Crippen LogP contribution in [0.5, 0.6) is 0 Å². The van der Waals surface area contributed by atoms with Crippen molar-refractivity contribution in [3.63, 3.8) is 0 Å². The Bertz CT molecular complexity index is 1120. The van der Waals surface area contributed by atoms with E-state index in [0.29, 0.717) is 5.56 Å². The molecule has 0 saturated carbocycles. The van der Waals surface area contributed by atoms with Crippen molar-refractivity contribution < 1.29 is 9.90 Å². The summed E-state index contributed by atoms with van der Waals surface area (Å²) in [5, 5.41) is 14.8. The molecule has 0 unspecified atom stereocenters. The van der Waals surface area contributed by atoms with E-state index >= 15 is 0 Å². The van der Waals surface area contributed by atoms with Crippen LogP contribution in [0.15, 0.2) is 66.7 Å². The standard InChI is InChI=1S/C26H28N2O2/c1-5-28(6-2)22-14-11-20(12-15-22)25(19-9-7-18(3)8-10-19)23-16-13-21(27-4)17-24(23)26(29)30/h7-17,27H,3,5-6H2,1-2,4H3,(H,29,30). The summed E-state index contributed by atoms with van der Waals surface area (Å²) >= 11 is 0. The quantitative estimate of drug-likeness (QED) is 0.631. The van der Waals surface area contributed by atoms with Crippen molar-refractivity contribution in [3.8, 4) is 0 Å². The molecule has 0 saturated heterocycles. The van der Waals surface area contributed by atoms with Crippen LogP contribution in [-0.2, 0) is 0 Å². The number of rotatable bonds is 7. The van der Waals surface area contributed by atoms with E-state index < -0.39 is 5.97 Å². The average Bonchev–Trinajstić information content (AvgIpc) is 2.77. The maximum Gasteiger partial charge on any atom is 0.336 e. The van der Waals surface area contributed by atoms with Crippen LogP contribution in [0.2, 0.25) is 0 Å². The third kappa shape index (κ3) is 4.38. The number of carboxylic acid groups (broad SMARTS) is 1. The molecule has 0 aromatic heterocycles. The Hall–Kier alpha value is -3.53. The summed E-state index contributed by atoms with van der Waals surface area (Å²) in [7, 11) is 1.78. The predicted molar refractivity (Wildman–Crippen MR) is 126 cm³/mol. The molecule has 0 atom stereocenters. The van der Waals surface area contributed by atoms with Crippen LogP contribution in [0.4, 0.5) is 11.4 Å². The summed E-state index contributed by atoms with van der Waals surface area (Å²) in [5.41, 5.74) is 4.74. The summed E-state index contributed by atoms with van der Waals surface area (Å²) in [5.74, 6) is -0.951. The Morgan fingerprint density at radius 1 is 0.933 bits per heavy atom.